The van der Waals surface area contributed by atoms with Gasteiger partial charge in [-0.3, -0.25) is 0 Å². The van der Waals surface area contributed by atoms with Crippen molar-refractivity contribution >= 4 is 0 Å². The minimum absolute atomic E-state index is 0.0998. The third-order valence-corrected chi connectivity index (χ3v) is 4.19. The van der Waals surface area contributed by atoms with Gasteiger partial charge < -0.3 is 9.47 Å². The van der Waals surface area contributed by atoms with Crippen molar-refractivity contribution in [1.29, 1.82) is 0 Å². The van der Waals surface area contributed by atoms with E-state index in [1.165, 1.54) is 11.1 Å². The zero-order chi connectivity index (χ0) is 14.6. The average Bonchev–Trinajstić information content (AvgIpc) is 3.14. The van der Waals surface area contributed by atoms with Gasteiger partial charge in [-0.2, -0.15) is 0 Å². The van der Waals surface area contributed by atoms with Gasteiger partial charge in [-0.25, -0.2) is 0 Å². The molecule has 1 fully saturated rings. The number of epoxide rings is 1. The molecule has 0 aromatic heterocycles. The van der Waals surface area contributed by atoms with Crippen molar-refractivity contribution in [3.8, 4) is 5.75 Å². The van der Waals surface area contributed by atoms with Crippen LogP contribution in [0.25, 0.3) is 0 Å². The van der Waals surface area contributed by atoms with E-state index >= 15 is 0 Å². The molecule has 1 aliphatic heterocycles. The summed E-state index contributed by atoms with van der Waals surface area (Å²) in [5.41, 5.74) is 2.67. The Morgan fingerprint density at radius 1 is 1.35 bits per heavy atom. The van der Waals surface area contributed by atoms with Gasteiger partial charge in [0.25, 0.3) is 0 Å². The predicted octanol–water partition coefficient (Wildman–Crippen LogP) is 4.53. The van der Waals surface area contributed by atoms with Gasteiger partial charge in [0, 0.05) is 0 Å². The molecule has 0 bridgehead atoms. The lowest BCUT2D eigenvalue weighted by Gasteiger charge is -2.10. The van der Waals surface area contributed by atoms with Gasteiger partial charge in [0.05, 0.1) is 6.10 Å². The molecule has 2 heteroatoms. The quantitative estimate of drug-likeness (QED) is 0.538. The van der Waals surface area contributed by atoms with Crippen molar-refractivity contribution in [1.82, 2.24) is 0 Å². The number of aryl methyl sites for hydroxylation is 1. The lowest BCUT2D eigenvalue weighted by molar-refractivity contribution is 0.201. The number of ether oxygens (including phenoxy) is 2. The summed E-state index contributed by atoms with van der Waals surface area (Å²) < 4.78 is 11.7. The van der Waals surface area contributed by atoms with Crippen LogP contribution >= 0.6 is 0 Å². The van der Waals surface area contributed by atoms with Crippen LogP contribution in [0.3, 0.4) is 0 Å². The Labute approximate surface area is 122 Å². The molecule has 0 saturated carbocycles. The second kappa shape index (κ2) is 6.45. The Balaban J connectivity index is 1.76. The Kier molecular flexibility index (Phi) is 4.87. The van der Waals surface area contributed by atoms with E-state index in [4.69, 9.17) is 9.47 Å². The zero-order valence-electron chi connectivity index (χ0n) is 13.1. The van der Waals surface area contributed by atoms with Crippen molar-refractivity contribution in [2.24, 2.45) is 0 Å². The summed E-state index contributed by atoms with van der Waals surface area (Å²) in [6.45, 7) is 9.20. The lowest BCUT2D eigenvalue weighted by Crippen LogP contribution is -2.20. The van der Waals surface area contributed by atoms with E-state index in [0.29, 0.717) is 12.7 Å². The fourth-order valence-corrected chi connectivity index (χ4v) is 2.33. The van der Waals surface area contributed by atoms with Crippen LogP contribution in [0.1, 0.15) is 46.1 Å². The molecule has 2 atom stereocenters. The van der Waals surface area contributed by atoms with Crippen LogP contribution in [-0.2, 0) is 11.2 Å². The molecule has 0 amide bonds. The van der Waals surface area contributed by atoms with Crippen LogP contribution in [0, 0.1) is 0 Å². The minimum Gasteiger partial charge on any atom is -0.490 e. The maximum Gasteiger partial charge on any atom is 0.126 e. The molecule has 20 heavy (non-hydrogen) atoms. The largest absolute Gasteiger partial charge is 0.490 e. The van der Waals surface area contributed by atoms with E-state index in [2.05, 4.69) is 45.9 Å². The molecule has 2 rings (SSSR count). The first-order valence-electron chi connectivity index (χ1n) is 7.58. The van der Waals surface area contributed by atoms with E-state index in [1.54, 1.807) is 0 Å². The molecule has 1 aromatic carbocycles. The molecular weight excluding hydrogens is 248 g/mol. The number of benzene rings is 1. The Morgan fingerprint density at radius 3 is 2.65 bits per heavy atom. The maximum absolute atomic E-state index is 5.86. The van der Waals surface area contributed by atoms with Crippen LogP contribution in [0.4, 0.5) is 0 Å². The Bertz CT molecular complexity index is 461. The first-order chi connectivity index (χ1) is 9.57. The van der Waals surface area contributed by atoms with Crippen LogP contribution in [0.5, 0.6) is 5.75 Å². The fourth-order valence-electron chi connectivity index (χ4n) is 2.33. The van der Waals surface area contributed by atoms with E-state index in [9.17, 15) is 0 Å². The van der Waals surface area contributed by atoms with Crippen molar-refractivity contribution in [3.05, 3.63) is 41.5 Å². The molecule has 0 spiro atoms. The number of allylic oxidation sites excluding steroid dienone is 2. The van der Waals surface area contributed by atoms with Crippen LogP contribution < -0.4 is 4.74 Å². The average molecular weight is 274 g/mol. The maximum atomic E-state index is 5.86. The van der Waals surface area contributed by atoms with Crippen molar-refractivity contribution in [2.75, 3.05) is 6.61 Å². The van der Waals surface area contributed by atoms with Crippen LogP contribution in [0.2, 0.25) is 0 Å². The van der Waals surface area contributed by atoms with Crippen LogP contribution in [0.15, 0.2) is 35.9 Å². The standard InChI is InChI=1S/C18H26O2/c1-5-14(3)7-12-17-18(4,20-17)13-19-16-10-8-15(6-2)9-11-16/h5,8-11,17H,6-7,12-13H2,1-4H3/b14-5-. The third-order valence-electron chi connectivity index (χ3n) is 4.19. The lowest BCUT2D eigenvalue weighted by atomic mass is 10.0. The molecule has 1 aromatic rings. The second-order valence-electron chi connectivity index (χ2n) is 5.88. The summed E-state index contributed by atoms with van der Waals surface area (Å²) in [5, 5.41) is 0. The smallest absolute Gasteiger partial charge is 0.126 e. The SMILES string of the molecule is C/C=C(/C)CCC1OC1(C)COc1ccc(CC)cc1. The highest BCUT2D eigenvalue weighted by molar-refractivity contribution is 5.27. The van der Waals surface area contributed by atoms with Gasteiger partial charge in [0.15, 0.2) is 0 Å². The summed E-state index contributed by atoms with van der Waals surface area (Å²) in [7, 11) is 0. The minimum atomic E-state index is -0.0998. The van der Waals surface area contributed by atoms with E-state index in [0.717, 1.165) is 25.0 Å². The predicted molar refractivity (Wildman–Crippen MR) is 83.3 cm³/mol. The number of hydrogen-bond acceptors (Lipinski definition) is 2. The van der Waals surface area contributed by atoms with Gasteiger partial charge in [-0.15, -0.1) is 0 Å². The van der Waals surface area contributed by atoms with Gasteiger partial charge >= 0.3 is 0 Å². The third kappa shape index (κ3) is 3.86. The molecule has 2 nitrogen and oxygen atoms in total. The van der Waals surface area contributed by atoms with Crippen molar-refractivity contribution < 1.29 is 9.47 Å². The van der Waals surface area contributed by atoms with Gasteiger partial charge in [-0.1, -0.05) is 30.7 Å². The number of hydrogen-bond donors (Lipinski definition) is 0. The summed E-state index contributed by atoms with van der Waals surface area (Å²) in [6.07, 6.45) is 5.78. The zero-order valence-corrected chi connectivity index (χ0v) is 13.1. The van der Waals surface area contributed by atoms with E-state index in [-0.39, 0.29) is 5.60 Å². The molecule has 1 saturated heterocycles. The molecule has 0 N–H and O–H groups in total. The Morgan fingerprint density at radius 2 is 2.05 bits per heavy atom. The highest BCUT2D eigenvalue weighted by atomic mass is 16.6. The fraction of sp³-hybridized carbons (Fsp3) is 0.556. The van der Waals surface area contributed by atoms with Gasteiger partial charge in [0.2, 0.25) is 0 Å². The summed E-state index contributed by atoms with van der Waals surface area (Å²) >= 11 is 0. The summed E-state index contributed by atoms with van der Waals surface area (Å²) in [6, 6.07) is 8.34. The van der Waals surface area contributed by atoms with Crippen molar-refractivity contribution in [3.63, 3.8) is 0 Å². The highest BCUT2D eigenvalue weighted by Crippen LogP contribution is 2.40. The molecule has 1 heterocycles. The normalized spacial score (nSPS) is 25.6. The monoisotopic (exact) mass is 274 g/mol. The molecule has 2 unspecified atom stereocenters. The van der Waals surface area contributed by atoms with Crippen LogP contribution in [-0.4, -0.2) is 18.3 Å². The Hall–Kier alpha value is -1.28. The summed E-state index contributed by atoms with van der Waals surface area (Å²) in [4.78, 5) is 0. The topological polar surface area (TPSA) is 21.8 Å². The first kappa shape index (κ1) is 15.1. The summed E-state index contributed by atoms with van der Waals surface area (Å²) in [5.74, 6) is 0.933. The molecule has 0 aliphatic carbocycles. The molecule has 110 valence electrons. The van der Waals surface area contributed by atoms with E-state index < -0.39 is 0 Å². The molecule has 1 aliphatic rings. The van der Waals surface area contributed by atoms with Gasteiger partial charge in [-0.05, 0) is 57.7 Å². The first-order valence-corrected chi connectivity index (χ1v) is 7.58. The van der Waals surface area contributed by atoms with E-state index in [1.807, 2.05) is 12.1 Å². The second-order valence-corrected chi connectivity index (χ2v) is 5.88. The molecular formula is C18H26O2. The number of rotatable bonds is 7. The highest BCUT2D eigenvalue weighted by Gasteiger charge is 2.52. The van der Waals surface area contributed by atoms with Gasteiger partial charge in [0.1, 0.15) is 18.0 Å². The van der Waals surface area contributed by atoms with Crippen molar-refractivity contribution in [2.45, 2.75) is 58.7 Å². The molecule has 0 radical (unpaired) electrons.